The van der Waals surface area contributed by atoms with Crippen LogP contribution in [0.1, 0.15) is 31.1 Å². The van der Waals surface area contributed by atoms with E-state index in [1.807, 2.05) is 36.2 Å². The molecule has 0 fully saturated rings. The Hall–Kier alpha value is -1.86. The number of carbonyl (C=O) groups is 1. The SMILES string of the molecule is CCCCc1oc2ccccc2c1CN(C)CCS(=O)(=O)CC(=O)O. The molecule has 1 aromatic heterocycles. The van der Waals surface area contributed by atoms with Crippen LogP contribution in [0, 0.1) is 0 Å². The van der Waals surface area contributed by atoms with Gasteiger partial charge >= 0.3 is 5.97 Å². The summed E-state index contributed by atoms with van der Waals surface area (Å²) in [6.07, 6.45) is 2.95. The quantitative estimate of drug-likeness (QED) is 0.695. The fraction of sp³-hybridized carbons (Fsp3) is 0.500. The highest BCUT2D eigenvalue weighted by Crippen LogP contribution is 2.28. The first-order chi connectivity index (χ1) is 11.8. The van der Waals surface area contributed by atoms with E-state index < -0.39 is 21.6 Å². The van der Waals surface area contributed by atoms with E-state index in [4.69, 9.17) is 9.52 Å². The van der Waals surface area contributed by atoms with E-state index in [0.717, 1.165) is 41.6 Å². The number of unbranched alkanes of at least 4 members (excludes halogenated alkanes) is 1. The molecule has 0 aliphatic rings. The summed E-state index contributed by atoms with van der Waals surface area (Å²) in [6, 6.07) is 7.84. The maximum atomic E-state index is 11.7. The summed E-state index contributed by atoms with van der Waals surface area (Å²) in [7, 11) is -1.75. The fourth-order valence-electron chi connectivity index (χ4n) is 2.77. The maximum Gasteiger partial charge on any atom is 0.318 e. The molecule has 0 unspecified atom stereocenters. The minimum absolute atomic E-state index is 0.171. The third-order valence-electron chi connectivity index (χ3n) is 4.09. The minimum atomic E-state index is -3.59. The third-order valence-corrected chi connectivity index (χ3v) is 5.59. The summed E-state index contributed by atoms with van der Waals surface area (Å²) in [4.78, 5) is 12.5. The fourth-order valence-corrected chi connectivity index (χ4v) is 3.88. The number of rotatable bonds is 10. The second-order valence-corrected chi connectivity index (χ2v) is 8.51. The molecule has 0 saturated heterocycles. The topological polar surface area (TPSA) is 87.8 Å². The van der Waals surface area contributed by atoms with Crippen LogP contribution >= 0.6 is 0 Å². The van der Waals surface area contributed by atoms with Gasteiger partial charge in [0.05, 0.1) is 5.75 Å². The lowest BCUT2D eigenvalue weighted by molar-refractivity contribution is -0.134. The molecular weight excluding hydrogens is 342 g/mol. The number of carboxylic acids is 1. The Labute approximate surface area is 148 Å². The molecule has 0 aliphatic heterocycles. The van der Waals surface area contributed by atoms with Crippen molar-refractivity contribution in [2.45, 2.75) is 32.7 Å². The number of furan rings is 1. The van der Waals surface area contributed by atoms with Crippen LogP contribution < -0.4 is 0 Å². The monoisotopic (exact) mass is 367 g/mol. The molecule has 0 amide bonds. The molecular formula is C18H25NO5S. The van der Waals surface area contributed by atoms with Crippen molar-refractivity contribution in [3.63, 3.8) is 0 Å². The van der Waals surface area contributed by atoms with Crippen LogP contribution in [0.4, 0.5) is 0 Å². The predicted molar refractivity (Wildman–Crippen MR) is 97.4 cm³/mol. The molecule has 2 rings (SSSR count). The zero-order valence-electron chi connectivity index (χ0n) is 14.7. The number of para-hydroxylation sites is 1. The first-order valence-corrected chi connectivity index (χ1v) is 10.2. The van der Waals surface area contributed by atoms with Crippen molar-refractivity contribution < 1.29 is 22.7 Å². The number of nitrogens with zero attached hydrogens (tertiary/aromatic N) is 1. The molecule has 7 heteroatoms. The number of aliphatic carboxylic acids is 1. The van der Waals surface area contributed by atoms with Crippen LogP contribution in [-0.2, 0) is 27.6 Å². The largest absolute Gasteiger partial charge is 0.480 e. The highest BCUT2D eigenvalue weighted by atomic mass is 32.2. The molecule has 0 saturated carbocycles. The van der Waals surface area contributed by atoms with E-state index >= 15 is 0 Å². The zero-order chi connectivity index (χ0) is 18.4. The highest BCUT2D eigenvalue weighted by molar-refractivity contribution is 7.92. The van der Waals surface area contributed by atoms with Gasteiger partial charge in [-0.25, -0.2) is 8.42 Å². The Morgan fingerprint density at radius 3 is 2.68 bits per heavy atom. The summed E-state index contributed by atoms with van der Waals surface area (Å²) >= 11 is 0. The second kappa shape index (κ2) is 8.49. The average Bonchev–Trinajstić information content (AvgIpc) is 2.88. The van der Waals surface area contributed by atoms with Crippen LogP contribution in [0.5, 0.6) is 0 Å². The van der Waals surface area contributed by atoms with Gasteiger partial charge in [0, 0.05) is 30.5 Å². The normalized spacial score (nSPS) is 12.1. The van der Waals surface area contributed by atoms with Gasteiger partial charge in [0.2, 0.25) is 0 Å². The Kier molecular flexibility index (Phi) is 6.61. The van der Waals surface area contributed by atoms with Gasteiger partial charge in [-0.05, 0) is 19.5 Å². The summed E-state index contributed by atoms with van der Waals surface area (Å²) in [5.41, 5.74) is 1.93. The average molecular weight is 367 g/mol. The van der Waals surface area contributed by atoms with Gasteiger partial charge in [-0.15, -0.1) is 0 Å². The lowest BCUT2D eigenvalue weighted by Gasteiger charge is -2.16. The molecule has 1 N–H and O–H groups in total. The molecule has 1 aromatic carbocycles. The molecule has 25 heavy (non-hydrogen) atoms. The number of sulfone groups is 1. The van der Waals surface area contributed by atoms with Crippen molar-refractivity contribution in [2.24, 2.45) is 0 Å². The van der Waals surface area contributed by atoms with E-state index in [1.54, 1.807) is 0 Å². The van der Waals surface area contributed by atoms with Crippen LogP contribution in [0.3, 0.4) is 0 Å². The molecule has 0 bridgehead atoms. The number of fused-ring (bicyclic) bond motifs is 1. The summed E-state index contributed by atoms with van der Waals surface area (Å²) in [5.74, 6) is -1.36. The summed E-state index contributed by atoms with van der Waals surface area (Å²) < 4.78 is 29.5. The number of hydrogen-bond acceptors (Lipinski definition) is 5. The van der Waals surface area contributed by atoms with Crippen molar-refractivity contribution in [3.05, 3.63) is 35.6 Å². The van der Waals surface area contributed by atoms with E-state index in [2.05, 4.69) is 6.92 Å². The Morgan fingerprint density at radius 1 is 1.28 bits per heavy atom. The molecule has 0 atom stereocenters. The van der Waals surface area contributed by atoms with Crippen molar-refractivity contribution in [1.29, 1.82) is 0 Å². The Bertz CT molecular complexity index is 825. The van der Waals surface area contributed by atoms with Crippen LogP contribution in [-0.4, -0.2) is 49.5 Å². The minimum Gasteiger partial charge on any atom is -0.480 e. The molecule has 138 valence electrons. The number of hydrogen-bond donors (Lipinski definition) is 1. The number of carboxylic acid groups (broad SMARTS) is 1. The maximum absolute atomic E-state index is 11.7. The predicted octanol–water partition coefficient (Wildman–Crippen LogP) is 2.71. The van der Waals surface area contributed by atoms with Crippen molar-refractivity contribution in [3.8, 4) is 0 Å². The lowest BCUT2D eigenvalue weighted by atomic mass is 10.1. The van der Waals surface area contributed by atoms with Crippen molar-refractivity contribution >= 4 is 26.8 Å². The summed E-state index contributed by atoms with van der Waals surface area (Å²) in [6.45, 7) is 2.97. The number of benzene rings is 1. The Balaban J connectivity index is 2.11. The van der Waals surface area contributed by atoms with Gasteiger partial charge in [-0.2, -0.15) is 0 Å². The molecule has 6 nitrogen and oxygen atoms in total. The van der Waals surface area contributed by atoms with Crippen LogP contribution in [0.2, 0.25) is 0 Å². The van der Waals surface area contributed by atoms with Gasteiger partial charge in [-0.1, -0.05) is 31.5 Å². The first kappa shape index (κ1) is 19.5. The van der Waals surface area contributed by atoms with E-state index in [0.29, 0.717) is 6.54 Å². The third kappa shape index (κ3) is 5.57. The van der Waals surface area contributed by atoms with Gasteiger partial charge in [-0.3, -0.25) is 4.79 Å². The smallest absolute Gasteiger partial charge is 0.318 e. The van der Waals surface area contributed by atoms with Gasteiger partial charge < -0.3 is 14.4 Å². The zero-order valence-corrected chi connectivity index (χ0v) is 15.5. The molecule has 0 radical (unpaired) electrons. The first-order valence-electron chi connectivity index (χ1n) is 8.42. The second-order valence-electron chi connectivity index (χ2n) is 6.33. The van der Waals surface area contributed by atoms with Gasteiger partial charge in [0.15, 0.2) is 9.84 Å². The lowest BCUT2D eigenvalue weighted by Crippen LogP contribution is -2.28. The number of aryl methyl sites for hydroxylation is 1. The van der Waals surface area contributed by atoms with Crippen LogP contribution in [0.15, 0.2) is 28.7 Å². The molecule has 1 heterocycles. The molecule has 0 spiro atoms. The molecule has 2 aromatic rings. The van der Waals surface area contributed by atoms with E-state index in [9.17, 15) is 13.2 Å². The van der Waals surface area contributed by atoms with E-state index in [-0.39, 0.29) is 12.3 Å². The van der Waals surface area contributed by atoms with Gasteiger partial charge in [0.25, 0.3) is 0 Å². The summed E-state index contributed by atoms with van der Waals surface area (Å²) in [5, 5.41) is 9.70. The van der Waals surface area contributed by atoms with E-state index in [1.165, 1.54) is 0 Å². The van der Waals surface area contributed by atoms with Crippen molar-refractivity contribution in [1.82, 2.24) is 4.90 Å². The van der Waals surface area contributed by atoms with Crippen LogP contribution in [0.25, 0.3) is 11.0 Å². The van der Waals surface area contributed by atoms with Gasteiger partial charge in [0.1, 0.15) is 17.1 Å². The standard InChI is InChI=1S/C18H25NO5S/c1-3-4-8-17-15(14-7-5-6-9-16(14)24-17)12-19(2)10-11-25(22,23)13-18(20)21/h5-7,9H,3-4,8,10-13H2,1-2H3,(H,20,21). The van der Waals surface area contributed by atoms with Crippen molar-refractivity contribution in [2.75, 3.05) is 25.1 Å². The Morgan fingerprint density at radius 2 is 2.00 bits per heavy atom. The highest BCUT2D eigenvalue weighted by Gasteiger charge is 2.19. The molecule has 0 aliphatic carbocycles.